The molecule has 4 atom stereocenters. The average Bonchev–Trinajstić information content (AvgIpc) is 2.88. The van der Waals surface area contributed by atoms with E-state index in [1.165, 1.54) is 14.2 Å². The quantitative estimate of drug-likeness (QED) is 0.324. The molecule has 1 aliphatic heterocycles. The molecule has 1 saturated carbocycles. The Morgan fingerprint density at radius 2 is 1.74 bits per heavy atom. The molecule has 124 valence electrons. The molecule has 0 aromatic carbocycles. The van der Waals surface area contributed by atoms with E-state index in [1.54, 1.807) is 0 Å². The van der Waals surface area contributed by atoms with E-state index in [-0.39, 0.29) is 18.3 Å². The van der Waals surface area contributed by atoms with E-state index in [0.29, 0.717) is 0 Å². The molecule has 0 N–H and O–H groups in total. The van der Waals surface area contributed by atoms with Crippen molar-refractivity contribution in [1.29, 1.82) is 0 Å². The monoisotopic (exact) mass is 322 g/mol. The molecule has 7 nitrogen and oxygen atoms in total. The van der Waals surface area contributed by atoms with Crippen LogP contribution in [0.5, 0.6) is 0 Å². The molecule has 3 aliphatic carbocycles. The Morgan fingerprint density at radius 1 is 1.13 bits per heavy atom. The van der Waals surface area contributed by atoms with Gasteiger partial charge in [0.1, 0.15) is 0 Å². The van der Waals surface area contributed by atoms with Gasteiger partial charge in [0, 0.05) is 0 Å². The van der Waals surface area contributed by atoms with Crippen LogP contribution in [0, 0.1) is 29.6 Å². The van der Waals surface area contributed by atoms with Gasteiger partial charge in [-0.25, -0.2) is 0 Å². The number of hydrogen-bond donors (Lipinski definition) is 0. The number of methoxy groups -OCH3 is 2. The second-order valence-electron chi connectivity index (χ2n) is 6.18. The first-order valence-corrected chi connectivity index (χ1v) is 7.59. The van der Waals surface area contributed by atoms with E-state index in [1.807, 2.05) is 6.08 Å². The highest BCUT2D eigenvalue weighted by Gasteiger charge is 2.57. The van der Waals surface area contributed by atoms with E-state index in [0.717, 1.165) is 18.4 Å². The Balaban J connectivity index is 1.86. The van der Waals surface area contributed by atoms with Crippen molar-refractivity contribution >= 4 is 23.9 Å². The summed E-state index contributed by atoms with van der Waals surface area (Å²) in [6.07, 6.45) is 3.62. The third-order valence-electron chi connectivity index (χ3n) is 5.15. The topological polar surface area (TPSA) is 96.0 Å². The van der Waals surface area contributed by atoms with Gasteiger partial charge in [0.2, 0.25) is 0 Å². The maximum Gasteiger partial charge on any atom is 0.320 e. The SMILES string of the molecule is COC(=O)C(CC1=CC2CCC1C1C(=O)OC(=O)C21)C(=O)OC. The fourth-order valence-electron chi connectivity index (χ4n) is 4.12. The number of esters is 4. The third kappa shape index (κ3) is 2.44. The van der Waals surface area contributed by atoms with E-state index in [4.69, 9.17) is 4.74 Å². The van der Waals surface area contributed by atoms with Crippen LogP contribution in [0.15, 0.2) is 11.6 Å². The number of rotatable bonds is 4. The molecule has 1 saturated heterocycles. The molecular formula is C16H18O7. The number of hydrogen-bond acceptors (Lipinski definition) is 7. The molecule has 0 radical (unpaired) electrons. The number of ether oxygens (including phenoxy) is 3. The van der Waals surface area contributed by atoms with Crippen LogP contribution in [-0.2, 0) is 33.4 Å². The van der Waals surface area contributed by atoms with Crippen LogP contribution >= 0.6 is 0 Å². The number of carbonyl (C=O) groups excluding carboxylic acids is 4. The van der Waals surface area contributed by atoms with Gasteiger partial charge in [-0.05, 0) is 31.1 Å². The first kappa shape index (κ1) is 15.7. The Kier molecular flexibility index (Phi) is 3.95. The van der Waals surface area contributed by atoms with Crippen LogP contribution in [0.4, 0.5) is 0 Å². The zero-order chi connectivity index (χ0) is 16.7. The van der Waals surface area contributed by atoms with Crippen LogP contribution in [-0.4, -0.2) is 38.1 Å². The smallest absolute Gasteiger partial charge is 0.320 e. The second kappa shape index (κ2) is 5.79. The summed E-state index contributed by atoms with van der Waals surface area (Å²) in [7, 11) is 2.42. The molecule has 23 heavy (non-hydrogen) atoms. The zero-order valence-electron chi connectivity index (χ0n) is 12.9. The minimum Gasteiger partial charge on any atom is -0.468 e. The van der Waals surface area contributed by atoms with Crippen LogP contribution in [0.3, 0.4) is 0 Å². The molecule has 0 amide bonds. The predicted molar refractivity (Wildman–Crippen MR) is 74.5 cm³/mol. The lowest BCUT2D eigenvalue weighted by Crippen LogP contribution is -2.42. The van der Waals surface area contributed by atoms with Gasteiger partial charge in [0.25, 0.3) is 0 Å². The highest BCUT2D eigenvalue weighted by molar-refractivity contribution is 5.98. The standard InChI is InChI=1S/C16H18O7/c1-21-13(17)10(14(18)22-2)6-8-5-7-3-4-9(8)12-11(7)15(19)23-16(12)20/h5,7,9-12H,3-4,6H2,1-2H3. The number of carbonyl (C=O) groups is 4. The van der Waals surface area contributed by atoms with Crippen molar-refractivity contribution in [2.24, 2.45) is 29.6 Å². The summed E-state index contributed by atoms with van der Waals surface area (Å²) in [5, 5.41) is 0. The van der Waals surface area contributed by atoms with Gasteiger partial charge in [0.15, 0.2) is 5.92 Å². The van der Waals surface area contributed by atoms with E-state index in [9.17, 15) is 19.2 Å². The first-order chi connectivity index (χ1) is 11.0. The first-order valence-electron chi connectivity index (χ1n) is 7.59. The maximum absolute atomic E-state index is 12.0. The number of fused-ring (bicyclic) bond motifs is 1. The Hall–Kier alpha value is -2.18. The molecule has 4 rings (SSSR count). The molecule has 2 bridgehead atoms. The lowest BCUT2D eigenvalue weighted by atomic mass is 9.59. The minimum atomic E-state index is -1.05. The van der Waals surface area contributed by atoms with Gasteiger partial charge >= 0.3 is 23.9 Å². The van der Waals surface area contributed by atoms with Gasteiger partial charge in [-0.15, -0.1) is 0 Å². The maximum atomic E-state index is 12.0. The van der Waals surface area contributed by atoms with Gasteiger partial charge in [-0.2, -0.15) is 0 Å². The summed E-state index contributed by atoms with van der Waals surface area (Å²) >= 11 is 0. The van der Waals surface area contributed by atoms with Gasteiger partial charge in [0.05, 0.1) is 26.1 Å². The largest absolute Gasteiger partial charge is 0.468 e. The third-order valence-corrected chi connectivity index (χ3v) is 5.15. The van der Waals surface area contributed by atoms with Crippen molar-refractivity contribution in [2.75, 3.05) is 14.2 Å². The van der Waals surface area contributed by atoms with Crippen molar-refractivity contribution in [1.82, 2.24) is 0 Å². The molecule has 0 aromatic rings. The molecular weight excluding hydrogens is 304 g/mol. The molecule has 4 unspecified atom stereocenters. The molecule has 2 fully saturated rings. The van der Waals surface area contributed by atoms with Gasteiger partial charge in [-0.1, -0.05) is 11.6 Å². The minimum absolute atomic E-state index is 0.0742. The molecule has 7 heteroatoms. The van der Waals surface area contributed by atoms with E-state index >= 15 is 0 Å². The normalized spacial score (nSPS) is 31.5. The van der Waals surface area contributed by atoms with Crippen LogP contribution in [0.25, 0.3) is 0 Å². The van der Waals surface area contributed by atoms with Crippen LogP contribution < -0.4 is 0 Å². The average molecular weight is 322 g/mol. The predicted octanol–water partition coefficient (Wildman–Crippen LogP) is 0.621. The summed E-state index contributed by atoms with van der Waals surface area (Å²) in [4.78, 5) is 47.5. The summed E-state index contributed by atoms with van der Waals surface area (Å²) in [5.74, 6) is -4.48. The zero-order valence-corrected chi connectivity index (χ0v) is 12.9. The lowest BCUT2D eigenvalue weighted by Gasteiger charge is -2.41. The molecule has 1 heterocycles. The summed E-state index contributed by atoms with van der Waals surface area (Å²) in [5.41, 5.74) is 0.843. The lowest BCUT2D eigenvalue weighted by molar-refractivity contribution is -0.159. The second-order valence-corrected chi connectivity index (χ2v) is 6.18. The van der Waals surface area contributed by atoms with Crippen molar-refractivity contribution in [3.63, 3.8) is 0 Å². The Bertz CT molecular complexity index is 590. The number of allylic oxidation sites excluding steroid dienone is 2. The van der Waals surface area contributed by atoms with Crippen LogP contribution in [0.1, 0.15) is 19.3 Å². The van der Waals surface area contributed by atoms with Crippen LogP contribution in [0.2, 0.25) is 0 Å². The fourth-order valence-corrected chi connectivity index (χ4v) is 4.12. The van der Waals surface area contributed by atoms with Gasteiger partial charge < -0.3 is 14.2 Å². The summed E-state index contributed by atoms with van der Waals surface area (Å²) < 4.78 is 14.1. The number of cyclic esters (lactones) is 2. The Labute approximate surface area is 132 Å². The van der Waals surface area contributed by atoms with Crippen molar-refractivity contribution in [3.8, 4) is 0 Å². The van der Waals surface area contributed by atoms with Crippen molar-refractivity contribution < 1.29 is 33.4 Å². The van der Waals surface area contributed by atoms with Crippen molar-refractivity contribution in [2.45, 2.75) is 19.3 Å². The van der Waals surface area contributed by atoms with E-state index in [2.05, 4.69) is 9.47 Å². The summed E-state index contributed by atoms with van der Waals surface area (Å²) in [6, 6.07) is 0. The van der Waals surface area contributed by atoms with Gasteiger partial charge in [-0.3, -0.25) is 19.2 Å². The molecule has 0 spiro atoms. The Morgan fingerprint density at radius 3 is 2.35 bits per heavy atom. The highest BCUT2D eigenvalue weighted by atomic mass is 16.6. The molecule has 4 aliphatic rings. The van der Waals surface area contributed by atoms with E-state index < -0.39 is 41.6 Å². The highest BCUT2D eigenvalue weighted by Crippen LogP contribution is 2.53. The molecule has 0 aromatic heterocycles. The fraction of sp³-hybridized carbons (Fsp3) is 0.625. The van der Waals surface area contributed by atoms with Crippen molar-refractivity contribution in [3.05, 3.63) is 11.6 Å². The summed E-state index contributed by atoms with van der Waals surface area (Å²) in [6.45, 7) is 0.